The minimum atomic E-state index is -0.310. The minimum absolute atomic E-state index is 0.219. The quantitative estimate of drug-likeness (QED) is 0.680. The summed E-state index contributed by atoms with van der Waals surface area (Å²) < 4.78 is 13.3. The predicted molar refractivity (Wildman–Crippen MR) is 91.5 cm³/mol. The van der Waals surface area contributed by atoms with Crippen molar-refractivity contribution in [2.45, 2.75) is 0 Å². The first-order valence-electron chi connectivity index (χ1n) is 6.49. The van der Waals surface area contributed by atoms with Crippen molar-refractivity contribution in [3.05, 3.63) is 70.9 Å². The van der Waals surface area contributed by atoms with Gasteiger partial charge in [0.05, 0.1) is 10.6 Å². The van der Waals surface area contributed by atoms with Crippen molar-refractivity contribution in [1.29, 1.82) is 0 Å². The van der Waals surface area contributed by atoms with Crippen LogP contribution in [0.1, 0.15) is 5.56 Å². The molecule has 3 rings (SSSR count). The van der Waals surface area contributed by atoms with Gasteiger partial charge in [-0.3, -0.25) is 10.2 Å². The maximum Gasteiger partial charge on any atom is 0.285 e. The number of thioether (sulfide) groups is 1. The van der Waals surface area contributed by atoms with Crippen molar-refractivity contribution in [3.63, 3.8) is 0 Å². The lowest BCUT2D eigenvalue weighted by Gasteiger charge is -2.16. The minimum Gasteiger partial charge on any atom is -0.290 e. The average molecular weight is 330 g/mol. The standard InChI is InChI=1S/C16H11FN2OS2/c17-12-8-6-11(7-9-12)10-14-15(20)19(16(21)22-14)18-13-4-2-1-3-5-13/h1-10,18H/b14-10+. The second-order valence-electron chi connectivity index (χ2n) is 4.55. The van der Waals surface area contributed by atoms with E-state index >= 15 is 0 Å². The molecular formula is C16H11FN2OS2. The van der Waals surface area contributed by atoms with Crippen molar-refractivity contribution >= 4 is 46.0 Å². The highest BCUT2D eigenvalue weighted by atomic mass is 32.2. The predicted octanol–water partition coefficient (Wildman–Crippen LogP) is 4.05. The largest absolute Gasteiger partial charge is 0.290 e. The molecule has 1 heterocycles. The first kappa shape index (κ1) is 14.7. The van der Waals surface area contributed by atoms with Crippen LogP contribution in [-0.2, 0) is 4.79 Å². The van der Waals surface area contributed by atoms with Gasteiger partial charge in [-0.05, 0) is 48.1 Å². The SMILES string of the molecule is O=C1/C(=C\c2ccc(F)cc2)SC(=S)N1Nc1ccccc1. The zero-order valence-electron chi connectivity index (χ0n) is 11.3. The number of nitrogens with zero attached hydrogens (tertiary/aromatic N) is 1. The third-order valence-corrected chi connectivity index (χ3v) is 4.28. The Bertz CT molecular complexity index is 745. The van der Waals surface area contributed by atoms with Gasteiger partial charge in [0, 0.05) is 0 Å². The van der Waals surface area contributed by atoms with Crippen LogP contribution >= 0.6 is 24.0 Å². The topological polar surface area (TPSA) is 32.3 Å². The summed E-state index contributed by atoms with van der Waals surface area (Å²) in [5.41, 5.74) is 4.52. The van der Waals surface area contributed by atoms with Crippen molar-refractivity contribution in [2.24, 2.45) is 0 Å². The lowest BCUT2D eigenvalue weighted by Crippen LogP contribution is -2.33. The number of amides is 1. The molecule has 0 aliphatic carbocycles. The molecule has 1 saturated heterocycles. The zero-order chi connectivity index (χ0) is 15.5. The second-order valence-corrected chi connectivity index (χ2v) is 6.22. The Kier molecular flexibility index (Phi) is 4.22. The van der Waals surface area contributed by atoms with Crippen LogP contribution in [0.15, 0.2) is 59.5 Å². The number of carbonyl (C=O) groups is 1. The van der Waals surface area contributed by atoms with E-state index < -0.39 is 0 Å². The number of hydrazine groups is 1. The van der Waals surface area contributed by atoms with Gasteiger partial charge < -0.3 is 0 Å². The molecule has 0 spiro atoms. The summed E-state index contributed by atoms with van der Waals surface area (Å²) in [5.74, 6) is -0.529. The van der Waals surface area contributed by atoms with E-state index in [2.05, 4.69) is 5.43 Å². The lowest BCUT2D eigenvalue weighted by atomic mass is 10.2. The summed E-state index contributed by atoms with van der Waals surface area (Å²) >= 11 is 6.45. The number of anilines is 1. The molecule has 22 heavy (non-hydrogen) atoms. The second kappa shape index (κ2) is 6.29. The van der Waals surface area contributed by atoms with Crippen molar-refractivity contribution in [3.8, 4) is 0 Å². The number of rotatable bonds is 3. The smallest absolute Gasteiger partial charge is 0.285 e. The summed E-state index contributed by atoms with van der Waals surface area (Å²) in [6, 6.07) is 15.3. The number of carbonyl (C=O) groups excluding carboxylic acids is 1. The Labute approximate surface area is 136 Å². The fourth-order valence-electron chi connectivity index (χ4n) is 1.92. The molecule has 6 heteroatoms. The van der Waals surface area contributed by atoms with E-state index in [1.807, 2.05) is 30.3 Å². The van der Waals surface area contributed by atoms with Crippen LogP contribution in [0.5, 0.6) is 0 Å². The highest BCUT2D eigenvalue weighted by molar-refractivity contribution is 8.26. The molecule has 0 aromatic heterocycles. The van der Waals surface area contributed by atoms with Crippen LogP contribution in [0.25, 0.3) is 6.08 Å². The maximum absolute atomic E-state index is 12.9. The first-order valence-corrected chi connectivity index (χ1v) is 7.71. The summed E-state index contributed by atoms with van der Waals surface area (Å²) in [4.78, 5) is 12.9. The number of thiocarbonyl (C=S) groups is 1. The van der Waals surface area contributed by atoms with Crippen LogP contribution in [0.4, 0.5) is 10.1 Å². The Balaban J connectivity index is 1.80. The number of halogens is 1. The Morgan fingerprint density at radius 1 is 1.09 bits per heavy atom. The zero-order valence-corrected chi connectivity index (χ0v) is 13.0. The molecule has 2 aromatic rings. The lowest BCUT2D eigenvalue weighted by molar-refractivity contribution is -0.121. The molecule has 3 nitrogen and oxygen atoms in total. The monoisotopic (exact) mass is 330 g/mol. The molecule has 2 aromatic carbocycles. The highest BCUT2D eigenvalue weighted by Crippen LogP contribution is 2.32. The first-order chi connectivity index (χ1) is 10.6. The number of para-hydroxylation sites is 1. The van der Waals surface area contributed by atoms with Gasteiger partial charge in [-0.1, -0.05) is 42.1 Å². The highest BCUT2D eigenvalue weighted by Gasteiger charge is 2.32. The van der Waals surface area contributed by atoms with E-state index in [9.17, 15) is 9.18 Å². The van der Waals surface area contributed by atoms with E-state index in [4.69, 9.17) is 12.2 Å². The summed E-state index contributed by atoms with van der Waals surface area (Å²) in [6.07, 6.45) is 1.70. The third-order valence-electron chi connectivity index (χ3n) is 2.98. The van der Waals surface area contributed by atoms with E-state index in [1.54, 1.807) is 18.2 Å². The van der Waals surface area contributed by atoms with E-state index in [0.717, 1.165) is 11.3 Å². The molecular weight excluding hydrogens is 319 g/mol. The van der Waals surface area contributed by atoms with E-state index in [0.29, 0.717) is 9.23 Å². The van der Waals surface area contributed by atoms with Gasteiger partial charge in [-0.2, -0.15) is 0 Å². The van der Waals surface area contributed by atoms with Gasteiger partial charge in [-0.15, -0.1) is 0 Å². The number of benzene rings is 2. The fraction of sp³-hybridized carbons (Fsp3) is 0. The van der Waals surface area contributed by atoms with Crippen molar-refractivity contribution < 1.29 is 9.18 Å². The van der Waals surface area contributed by atoms with Gasteiger partial charge in [0.15, 0.2) is 4.32 Å². The molecule has 1 aliphatic rings. The normalized spacial score (nSPS) is 16.4. The molecule has 1 fully saturated rings. The average Bonchev–Trinajstić information content (AvgIpc) is 2.78. The number of hydrogen-bond donors (Lipinski definition) is 1. The van der Waals surface area contributed by atoms with Gasteiger partial charge >= 0.3 is 0 Å². The molecule has 110 valence electrons. The van der Waals surface area contributed by atoms with Crippen molar-refractivity contribution in [1.82, 2.24) is 5.01 Å². The Hall–Kier alpha value is -2.18. The van der Waals surface area contributed by atoms with Gasteiger partial charge in [0.2, 0.25) is 0 Å². The van der Waals surface area contributed by atoms with Crippen LogP contribution < -0.4 is 5.43 Å². The molecule has 1 N–H and O–H groups in total. The Morgan fingerprint density at radius 2 is 1.77 bits per heavy atom. The van der Waals surface area contributed by atoms with Gasteiger partial charge in [-0.25, -0.2) is 9.40 Å². The number of hydrogen-bond acceptors (Lipinski definition) is 4. The molecule has 0 radical (unpaired) electrons. The molecule has 0 bridgehead atoms. The molecule has 0 atom stereocenters. The van der Waals surface area contributed by atoms with Crippen LogP contribution in [0.2, 0.25) is 0 Å². The third kappa shape index (κ3) is 3.18. The van der Waals surface area contributed by atoms with Gasteiger partial charge in [0.1, 0.15) is 5.82 Å². The number of nitrogens with one attached hydrogen (secondary N) is 1. The summed E-state index contributed by atoms with van der Waals surface area (Å²) in [5, 5.41) is 1.34. The van der Waals surface area contributed by atoms with Crippen LogP contribution in [0, 0.1) is 5.82 Å². The Morgan fingerprint density at radius 3 is 2.45 bits per heavy atom. The van der Waals surface area contributed by atoms with E-state index in [-0.39, 0.29) is 11.7 Å². The van der Waals surface area contributed by atoms with Crippen molar-refractivity contribution in [2.75, 3.05) is 5.43 Å². The van der Waals surface area contributed by atoms with Crippen LogP contribution in [-0.4, -0.2) is 15.2 Å². The van der Waals surface area contributed by atoms with Gasteiger partial charge in [0.25, 0.3) is 5.91 Å². The maximum atomic E-state index is 12.9. The molecule has 1 amide bonds. The van der Waals surface area contributed by atoms with E-state index in [1.165, 1.54) is 28.9 Å². The molecule has 1 aliphatic heterocycles. The summed E-state index contributed by atoms with van der Waals surface area (Å²) in [7, 11) is 0. The summed E-state index contributed by atoms with van der Waals surface area (Å²) in [6.45, 7) is 0. The van der Waals surface area contributed by atoms with Crippen LogP contribution in [0.3, 0.4) is 0 Å². The fourth-order valence-corrected chi connectivity index (χ4v) is 3.10. The molecule has 0 unspecified atom stereocenters. The molecule has 0 saturated carbocycles.